The van der Waals surface area contributed by atoms with Gasteiger partial charge in [-0.3, -0.25) is 9.59 Å². The van der Waals surface area contributed by atoms with Crippen molar-refractivity contribution in [3.05, 3.63) is 64.1 Å². The van der Waals surface area contributed by atoms with Crippen molar-refractivity contribution in [2.75, 3.05) is 13.7 Å². The molecule has 2 aromatic rings. The van der Waals surface area contributed by atoms with E-state index in [1.807, 2.05) is 24.3 Å². The lowest BCUT2D eigenvalue weighted by Gasteiger charge is -2.08. The number of hydrogen-bond donors (Lipinski definition) is 1. The van der Waals surface area contributed by atoms with E-state index in [1.54, 1.807) is 24.3 Å². The van der Waals surface area contributed by atoms with Gasteiger partial charge in [-0.15, -0.1) is 0 Å². The number of carbonyl (C=O) groups excluding carboxylic acids is 2. The Kier molecular flexibility index (Phi) is 6.17. The zero-order valence-corrected chi connectivity index (χ0v) is 14.1. The number of esters is 1. The van der Waals surface area contributed by atoms with E-state index >= 15 is 0 Å². The fraction of sp³-hybridized carbons (Fsp3) is 0.176. The van der Waals surface area contributed by atoms with Crippen LogP contribution < -0.4 is 10.1 Å². The number of halogens is 1. The lowest BCUT2D eigenvalue weighted by Crippen LogP contribution is -2.30. The van der Waals surface area contributed by atoms with E-state index < -0.39 is 5.97 Å². The first kappa shape index (κ1) is 17.0. The summed E-state index contributed by atoms with van der Waals surface area (Å²) in [6.45, 7) is -0.0304. The predicted molar refractivity (Wildman–Crippen MR) is 89.3 cm³/mol. The molecule has 0 aliphatic rings. The van der Waals surface area contributed by atoms with E-state index in [0.717, 1.165) is 10.0 Å². The molecule has 0 aromatic heterocycles. The molecule has 0 saturated carbocycles. The Morgan fingerprint density at radius 2 is 1.91 bits per heavy atom. The smallest absolute Gasteiger partial charge is 0.325 e. The number of carbonyl (C=O) groups is 2. The van der Waals surface area contributed by atoms with E-state index in [9.17, 15) is 9.59 Å². The second kappa shape index (κ2) is 8.33. The first-order valence-electron chi connectivity index (χ1n) is 6.91. The van der Waals surface area contributed by atoms with Crippen LogP contribution in [0, 0.1) is 0 Å². The fourth-order valence-corrected chi connectivity index (χ4v) is 2.31. The lowest BCUT2D eigenvalue weighted by molar-refractivity contribution is -0.143. The van der Waals surface area contributed by atoms with Gasteiger partial charge in [-0.05, 0) is 35.9 Å². The maximum atomic E-state index is 12.0. The van der Waals surface area contributed by atoms with Crippen LogP contribution in [0.5, 0.6) is 5.75 Å². The SMILES string of the molecule is COc1cccc(C(=O)NCC(=O)OCc2cccc(Br)c2)c1. The van der Waals surface area contributed by atoms with Crippen LogP contribution in [-0.4, -0.2) is 25.5 Å². The van der Waals surface area contributed by atoms with Crippen molar-refractivity contribution < 1.29 is 19.1 Å². The van der Waals surface area contributed by atoms with Gasteiger partial charge in [-0.2, -0.15) is 0 Å². The molecule has 0 heterocycles. The molecule has 1 N–H and O–H groups in total. The number of nitrogens with one attached hydrogen (secondary N) is 1. The minimum atomic E-state index is -0.499. The van der Waals surface area contributed by atoms with Gasteiger partial charge in [0.05, 0.1) is 7.11 Å². The summed E-state index contributed by atoms with van der Waals surface area (Å²) in [6, 6.07) is 14.2. The first-order chi connectivity index (χ1) is 11.1. The Morgan fingerprint density at radius 3 is 2.65 bits per heavy atom. The van der Waals surface area contributed by atoms with Gasteiger partial charge in [-0.25, -0.2) is 0 Å². The van der Waals surface area contributed by atoms with Crippen molar-refractivity contribution in [2.24, 2.45) is 0 Å². The van der Waals surface area contributed by atoms with E-state index in [4.69, 9.17) is 9.47 Å². The molecule has 0 saturated heterocycles. The van der Waals surface area contributed by atoms with Crippen LogP contribution in [0.1, 0.15) is 15.9 Å². The third kappa shape index (κ3) is 5.41. The molecule has 0 radical (unpaired) electrons. The quantitative estimate of drug-likeness (QED) is 0.786. The zero-order valence-electron chi connectivity index (χ0n) is 12.5. The highest BCUT2D eigenvalue weighted by Crippen LogP contribution is 2.13. The molecule has 0 bridgehead atoms. The summed E-state index contributed by atoms with van der Waals surface area (Å²) in [4.78, 5) is 23.6. The second-order valence-electron chi connectivity index (χ2n) is 4.71. The third-order valence-corrected chi connectivity index (χ3v) is 3.51. The maximum absolute atomic E-state index is 12.0. The lowest BCUT2D eigenvalue weighted by atomic mass is 10.2. The van der Waals surface area contributed by atoms with E-state index in [0.29, 0.717) is 11.3 Å². The Morgan fingerprint density at radius 1 is 1.13 bits per heavy atom. The molecule has 5 nitrogen and oxygen atoms in total. The van der Waals surface area contributed by atoms with E-state index in [2.05, 4.69) is 21.2 Å². The molecule has 1 amide bonds. The average molecular weight is 378 g/mol. The zero-order chi connectivity index (χ0) is 16.7. The number of benzene rings is 2. The maximum Gasteiger partial charge on any atom is 0.325 e. The summed E-state index contributed by atoms with van der Waals surface area (Å²) in [5.41, 5.74) is 1.29. The van der Waals surface area contributed by atoms with Crippen molar-refractivity contribution in [3.8, 4) is 5.75 Å². The average Bonchev–Trinajstić information content (AvgIpc) is 2.58. The molecule has 2 aromatic carbocycles. The summed E-state index contributed by atoms with van der Waals surface area (Å²) < 4.78 is 11.1. The molecule has 0 spiro atoms. The van der Waals surface area contributed by atoms with Crippen LogP contribution in [0.15, 0.2) is 53.0 Å². The minimum absolute atomic E-state index is 0.160. The van der Waals surface area contributed by atoms with Crippen molar-refractivity contribution in [1.82, 2.24) is 5.32 Å². The van der Waals surface area contributed by atoms with Crippen molar-refractivity contribution in [3.63, 3.8) is 0 Å². The van der Waals surface area contributed by atoms with Crippen LogP contribution in [0.3, 0.4) is 0 Å². The third-order valence-electron chi connectivity index (χ3n) is 3.01. The molecular weight excluding hydrogens is 362 g/mol. The molecule has 6 heteroatoms. The number of hydrogen-bond acceptors (Lipinski definition) is 4. The topological polar surface area (TPSA) is 64.6 Å². The molecule has 23 heavy (non-hydrogen) atoms. The molecule has 0 aliphatic carbocycles. The van der Waals surface area contributed by atoms with Crippen LogP contribution in [0.25, 0.3) is 0 Å². The summed E-state index contributed by atoms with van der Waals surface area (Å²) in [5.74, 6) is -0.278. The van der Waals surface area contributed by atoms with Gasteiger partial charge in [0.1, 0.15) is 18.9 Å². The number of ether oxygens (including phenoxy) is 2. The van der Waals surface area contributed by atoms with Crippen molar-refractivity contribution >= 4 is 27.8 Å². The number of amides is 1. The largest absolute Gasteiger partial charge is 0.497 e. The Labute approximate surface area is 142 Å². The molecular formula is C17H16BrNO4. The van der Waals surface area contributed by atoms with Gasteiger partial charge in [0.2, 0.25) is 0 Å². The Balaban J connectivity index is 1.80. The van der Waals surface area contributed by atoms with Gasteiger partial charge in [0.25, 0.3) is 5.91 Å². The van der Waals surface area contributed by atoms with Crippen LogP contribution >= 0.6 is 15.9 Å². The molecule has 0 fully saturated rings. The molecule has 2 rings (SSSR count). The van der Waals surface area contributed by atoms with Crippen LogP contribution in [0.4, 0.5) is 0 Å². The molecule has 0 atom stereocenters. The minimum Gasteiger partial charge on any atom is -0.497 e. The van der Waals surface area contributed by atoms with E-state index in [-0.39, 0.29) is 19.1 Å². The standard InChI is InChI=1S/C17H16BrNO4/c1-22-15-7-3-5-13(9-15)17(21)19-10-16(20)23-11-12-4-2-6-14(18)8-12/h2-9H,10-11H2,1H3,(H,19,21). The summed E-state index contributed by atoms with van der Waals surface area (Å²) in [7, 11) is 1.52. The van der Waals surface area contributed by atoms with Gasteiger partial charge in [0.15, 0.2) is 0 Å². The number of rotatable bonds is 6. The van der Waals surface area contributed by atoms with Crippen molar-refractivity contribution in [2.45, 2.75) is 6.61 Å². The van der Waals surface area contributed by atoms with E-state index in [1.165, 1.54) is 7.11 Å². The normalized spacial score (nSPS) is 10.0. The Bertz CT molecular complexity index is 702. The summed E-state index contributed by atoms with van der Waals surface area (Å²) >= 11 is 3.35. The second-order valence-corrected chi connectivity index (χ2v) is 5.62. The van der Waals surface area contributed by atoms with Crippen LogP contribution in [-0.2, 0) is 16.1 Å². The first-order valence-corrected chi connectivity index (χ1v) is 7.70. The van der Waals surface area contributed by atoms with Gasteiger partial charge >= 0.3 is 5.97 Å². The van der Waals surface area contributed by atoms with Crippen molar-refractivity contribution in [1.29, 1.82) is 0 Å². The fourth-order valence-electron chi connectivity index (χ4n) is 1.86. The van der Waals surface area contributed by atoms with Gasteiger partial charge < -0.3 is 14.8 Å². The van der Waals surface area contributed by atoms with Gasteiger partial charge in [-0.1, -0.05) is 34.1 Å². The Hall–Kier alpha value is -2.34. The molecule has 0 aliphatic heterocycles. The predicted octanol–water partition coefficient (Wildman–Crippen LogP) is 2.93. The highest BCUT2D eigenvalue weighted by Gasteiger charge is 2.10. The van der Waals surface area contributed by atoms with Gasteiger partial charge in [0, 0.05) is 10.0 Å². The monoisotopic (exact) mass is 377 g/mol. The summed E-state index contributed by atoms with van der Waals surface area (Å²) in [6.07, 6.45) is 0. The van der Waals surface area contributed by atoms with Crippen LogP contribution in [0.2, 0.25) is 0 Å². The number of methoxy groups -OCH3 is 1. The highest BCUT2D eigenvalue weighted by molar-refractivity contribution is 9.10. The molecule has 0 unspecified atom stereocenters. The molecule has 120 valence electrons. The summed E-state index contributed by atoms with van der Waals surface area (Å²) in [5, 5.41) is 2.52. The highest BCUT2D eigenvalue weighted by atomic mass is 79.9.